The highest BCUT2D eigenvalue weighted by atomic mass is 16.3. The Morgan fingerprint density at radius 1 is 1.36 bits per heavy atom. The Kier molecular flexibility index (Phi) is 4.34. The van der Waals surface area contributed by atoms with E-state index in [1.165, 1.54) is 12.8 Å². The normalized spacial score (nSPS) is 16.8. The second-order valence-corrected chi connectivity index (χ2v) is 5.81. The number of nitrogens with one attached hydrogen (secondary N) is 1. The van der Waals surface area contributed by atoms with Crippen molar-refractivity contribution in [2.75, 3.05) is 19.6 Å². The van der Waals surface area contributed by atoms with Gasteiger partial charge in [0.15, 0.2) is 0 Å². The van der Waals surface area contributed by atoms with Crippen molar-refractivity contribution in [3.63, 3.8) is 0 Å². The summed E-state index contributed by atoms with van der Waals surface area (Å²) in [6.45, 7) is 6.29. The molecule has 5 nitrogen and oxygen atoms in total. The van der Waals surface area contributed by atoms with Gasteiger partial charge in [0.25, 0.3) is 5.91 Å². The van der Waals surface area contributed by atoms with Gasteiger partial charge < -0.3 is 14.2 Å². The zero-order valence-electron chi connectivity index (χ0n) is 13.1. The van der Waals surface area contributed by atoms with E-state index < -0.39 is 0 Å². The number of hydrogen-bond acceptors (Lipinski definition) is 4. The Balaban J connectivity index is 1.68. The van der Waals surface area contributed by atoms with Gasteiger partial charge in [-0.1, -0.05) is 0 Å². The Morgan fingerprint density at radius 2 is 2.14 bits per heavy atom. The van der Waals surface area contributed by atoms with Gasteiger partial charge in [-0.3, -0.25) is 9.69 Å². The predicted octanol–water partition coefficient (Wildman–Crippen LogP) is 3.06. The van der Waals surface area contributed by atoms with Gasteiger partial charge in [-0.25, -0.2) is 0 Å². The van der Waals surface area contributed by atoms with Crippen LogP contribution in [0.5, 0.6) is 0 Å². The zero-order chi connectivity index (χ0) is 15.5. The molecule has 3 rings (SSSR count). The standard InChI is InChI=1S/C17H22N2O3/c1-12-10-14(13(2)22-12)17(20)18-11-15(16-6-5-9-21-16)19-7-3-4-8-19/h5-6,9-10,15H,3-4,7-8,11H2,1-2H3,(H,18,20)/t15-/m0/s1. The average molecular weight is 302 g/mol. The molecule has 1 aliphatic heterocycles. The molecule has 2 aromatic rings. The molecule has 118 valence electrons. The lowest BCUT2D eigenvalue weighted by Crippen LogP contribution is -2.36. The van der Waals surface area contributed by atoms with Gasteiger partial charge in [0.2, 0.25) is 0 Å². The first-order chi connectivity index (χ1) is 10.6. The molecule has 1 amide bonds. The smallest absolute Gasteiger partial charge is 0.254 e. The lowest BCUT2D eigenvalue weighted by atomic mass is 10.1. The molecular formula is C17H22N2O3. The Morgan fingerprint density at radius 3 is 2.73 bits per heavy atom. The van der Waals surface area contributed by atoms with Crippen LogP contribution in [0, 0.1) is 13.8 Å². The van der Waals surface area contributed by atoms with E-state index in [0.29, 0.717) is 17.9 Å². The number of carbonyl (C=O) groups is 1. The highest BCUT2D eigenvalue weighted by Gasteiger charge is 2.26. The van der Waals surface area contributed by atoms with E-state index in [1.807, 2.05) is 26.0 Å². The molecule has 0 aliphatic carbocycles. The zero-order valence-corrected chi connectivity index (χ0v) is 13.1. The molecule has 1 aliphatic rings. The molecule has 1 atom stereocenters. The highest BCUT2D eigenvalue weighted by Crippen LogP contribution is 2.25. The first-order valence-corrected chi connectivity index (χ1v) is 7.78. The van der Waals surface area contributed by atoms with Crippen LogP contribution in [0.3, 0.4) is 0 Å². The summed E-state index contributed by atoms with van der Waals surface area (Å²) in [7, 11) is 0. The van der Waals surface area contributed by atoms with Crippen LogP contribution in [0.4, 0.5) is 0 Å². The maximum absolute atomic E-state index is 12.3. The van der Waals surface area contributed by atoms with Crippen LogP contribution in [0.2, 0.25) is 0 Å². The lowest BCUT2D eigenvalue weighted by Gasteiger charge is -2.25. The van der Waals surface area contributed by atoms with Crippen LogP contribution in [-0.4, -0.2) is 30.4 Å². The minimum absolute atomic E-state index is 0.0924. The van der Waals surface area contributed by atoms with Crippen molar-refractivity contribution in [1.82, 2.24) is 10.2 Å². The molecule has 2 aromatic heterocycles. The van der Waals surface area contributed by atoms with Gasteiger partial charge >= 0.3 is 0 Å². The van der Waals surface area contributed by atoms with E-state index in [4.69, 9.17) is 8.83 Å². The number of hydrogen-bond donors (Lipinski definition) is 1. The third-order valence-corrected chi connectivity index (χ3v) is 4.19. The fraction of sp³-hybridized carbons (Fsp3) is 0.471. The number of rotatable bonds is 5. The van der Waals surface area contributed by atoms with Crippen molar-refractivity contribution in [2.45, 2.75) is 32.7 Å². The van der Waals surface area contributed by atoms with Gasteiger partial charge in [0, 0.05) is 6.54 Å². The van der Waals surface area contributed by atoms with E-state index >= 15 is 0 Å². The first kappa shape index (κ1) is 14.9. The van der Waals surface area contributed by atoms with E-state index in [-0.39, 0.29) is 11.9 Å². The fourth-order valence-corrected chi connectivity index (χ4v) is 3.08. The molecular weight excluding hydrogens is 280 g/mol. The van der Waals surface area contributed by atoms with Crippen molar-refractivity contribution >= 4 is 5.91 Å². The van der Waals surface area contributed by atoms with E-state index in [9.17, 15) is 4.79 Å². The third kappa shape index (κ3) is 3.09. The van der Waals surface area contributed by atoms with Crippen molar-refractivity contribution in [3.05, 3.63) is 47.3 Å². The maximum atomic E-state index is 12.3. The quantitative estimate of drug-likeness (QED) is 0.922. The van der Waals surface area contributed by atoms with Crippen molar-refractivity contribution in [3.8, 4) is 0 Å². The van der Waals surface area contributed by atoms with Crippen LogP contribution >= 0.6 is 0 Å². The van der Waals surface area contributed by atoms with Crippen LogP contribution in [0.1, 0.15) is 46.5 Å². The molecule has 0 radical (unpaired) electrons. The Labute approximate surface area is 130 Å². The highest BCUT2D eigenvalue weighted by molar-refractivity contribution is 5.95. The van der Waals surface area contributed by atoms with Crippen molar-refractivity contribution in [2.24, 2.45) is 0 Å². The lowest BCUT2D eigenvalue weighted by molar-refractivity contribution is 0.0932. The molecule has 0 aromatic carbocycles. The summed E-state index contributed by atoms with van der Waals surface area (Å²) in [4.78, 5) is 14.7. The summed E-state index contributed by atoms with van der Waals surface area (Å²) in [6.07, 6.45) is 4.08. The second-order valence-electron chi connectivity index (χ2n) is 5.81. The Bertz CT molecular complexity index is 624. The third-order valence-electron chi connectivity index (χ3n) is 4.19. The van der Waals surface area contributed by atoms with Gasteiger partial charge in [0.05, 0.1) is 17.9 Å². The van der Waals surface area contributed by atoms with E-state index in [0.717, 1.165) is 24.6 Å². The molecule has 0 spiro atoms. The van der Waals surface area contributed by atoms with Gasteiger partial charge in [0.1, 0.15) is 17.3 Å². The van der Waals surface area contributed by atoms with Crippen LogP contribution in [0.15, 0.2) is 33.3 Å². The topological polar surface area (TPSA) is 58.6 Å². The van der Waals surface area contributed by atoms with E-state index in [1.54, 1.807) is 12.3 Å². The average Bonchev–Trinajstić information content (AvgIpc) is 3.21. The summed E-state index contributed by atoms with van der Waals surface area (Å²) in [5, 5.41) is 3.02. The minimum Gasteiger partial charge on any atom is -0.468 e. The van der Waals surface area contributed by atoms with E-state index in [2.05, 4.69) is 10.2 Å². The fourth-order valence-electron chi connectivity index (χ4n) is 3.08. The van der Waals surface area contributed by atoms with Crippen LogP contribution < -0.4 is 5.32 Å². The molecule has 22 heavy (non-hydrogen) atoms. The molecule has 3 heterocycles. The predicted molar refractivity (Wildman–Crippen MR) is 82.8 cm³/mol. The largest absolute Gasteiger partial charge is 0.468 e. The molecule has 0 bridgehead atoms. The maximum Gasteiger partial charge on any atom is 0.254 e. The molecule has 0 saturated carbocycles. The van der Waals surface area contributed by atoms with Gasteiger partial charge in [-0.15, -0.1) is 0 Å². The van der Waals surface area contributed by atoms with Crippen molar-refractivity contribution < 1.29 is 13.6 Å². The number of carbonyl (C=O) groups excluding carboxylic acids is 1. The minimum atomic E-state index is -0.0925. The number of nitrogens with zero attached hydrogens (tertiary/aromatic N) is 1. The Hall–Kier alpha value is -2.01. The second kappa shape index (κ2) is 6.40. The van der Waals surface area contributed by atoms with Gasteiger partial charge in [-0.05, 0) is 58.0 Å². The summed E-state index contributed by atoms with van der Waals surface area (Å²) in [6, 6.07) is 5.74. The SMILES string of the molecule is Cc1cc(C(=O)NC[C@@H](c2ccco2)N2CCCC2)c(C)o1. The summed E-state index contributed by atoms with van der Waals surface area (Å²) in [5.74, 6) is 2.22. The number of likely N-dealkylation sites (tertiary alicyclic amines) is 1. The number of amides is 1. The van der Waals surface area contributed by atoms with Gasteiger partial charge in [-0.2, -0.15) is 0 Å². The summed E-state index contributed by atoms with van der Waals surface area (Å²) >= 11 is 0. The molecule has 1 saturated heterocycles. The number of aryl methyl sites for hydroxylation is 2. The van der Waals surface area contributed by atoms with Crippen LogP contribution in [-0.2, 0) is 0 Å². The number of furan rings is 2. The molecule has 1 N–H and O–H groups in total. The molecule has 1 fully saturated rings. The molecule has 5 heteroatoms. The summed E-state index contributed by atoms with van der Waals surface area (Å²) < 4.78 is 11.0. The summed E-state index contributed by atoms with van der Waals surface area (Å²) in [5.41, 5.74) is 0.608. The first-order valence-electron chi connectivity index (χ1n) is 7.78. The van der Waals surface area contributed by atoms with Crippen LogP contribution in [0.25, 0.3) is 0 Å². The van der Waals surface area contributed by atoms with Crippen molar-refractivity contribution in [1.29, 1.82) is 0 Å². The molecule has 0 unspecified atom stereocenters. The monoisotopic (exact) mass is 302 g/mol.